The van der Waals surface area contributed by atoms with Crippen LogP contribution in [0.15, 0.2) is 47.8 Å². The summed E-state index contributed by atoms with van der Waals surface area (Å²) in [5, 5.41) is 6.53. The van der Waals surface area contributed by atoms with Gasteiger partial charge in [-0.3, -0.25) is 4.79 Å². The lowest BCUT2D eigenvalue weighted by Gasteiger charge is -2.09. The topological polar surface area (TPSA) is 51.2 Å². The van der Waals surface area contributed by atoms with Crippen LogP contribution in [0.25, 0.3) is 0 Å². The zero-order valence-corrected chi connectivity index (χ0v) is 15.4. The Morgan fingerprint density at radius 1 is 1.20 bits per heavy atom. The van der Waals surface area contributed by atoms with Crippen molar-refractivity contribution in [1.29, 1.82) is 0 Å². The van der Waals surface area contributed by atoms with Crippen LogP contribution >= 0.6 is 22.9 Å². The second-order valence-electron chi connectivity index (χ2n) is 5.58. The summed E-state index contributed by atoms with van der Waals surface area (Å²) < 4.78 is 5.69. The van der Waals surface area contributed by atoms with E-state index in [2.05, 4.69) is 10.3 Å². The molecule has 1 aromatic heterocycles. The van der Waals surface area contributed by atoms with Crippen LogP contribution in [0.3, 0.4) is 0 Å². The molecule has 0 bridgehead atoms. The molecule has 0 radical (unpaired) electrons. The van der Waals surface area contributed by atoms with E-state index in [1.165, 1.54) is 0 Å². The van der Waals surface area contributed by atoms with Crippen LogP contribution in [0.5, 0.6) is 5.75 Å². The van der Waals surface area contributed by atoms with E-state index in [-0.39, 0.29) is 5.91 Å². The first-order chi connectivity index (χ1) is 12.0. The first-order valence-electron chi connectivity index (χ1n) is 7.72. The van der Waals surface area contributed by atoms with Crippen LogP contribution < -0.4 is 10.1 Å². The molecule has 0 fully saturated rings. The smallest absolute Gasteiger partial charge is 0.255 e. The molecule has 0 aliphatic heterocycles. The van der Waals surface area contributed by atoms with Gasteiger partial charge in [0.2, 0.25) is 0 Å². The van der Waals surface area contributed by atoms with Crippen molar-refractivity contribution in [1.82, 2.24) is 4.98 Å². The van der Waals surface area contributed by atoms with Crippen molar-refractivity contribution in [2.45, 2.75) is 20.5 Å². The number of hydrogen-bond donors (Lipinski definition) is 1. The SMILES string of the molecule is Cc1nc(COc2ccc(C(=O)Nc3ccc(Cl)cc3C)cc2)cs1. The molecule has 1 amide bonds. The number of ether oxygens (including phenoxy) is 1. The number of carbonyl (C=O) groups is 1. The van der Waals surface area contributed by atoms with Gasteiger partial charge in [-0.1, -0.05) is 11.6 Å². The molecule has 0 aliphatic carbocycles. The Hall–Kier alpha value is -2.37. The fourth-order valence-electron chi connectivity index (χ4n) is 2.30. The van der Waals surface area contributed by atoms with Crippen molar-refractivity contribution in [2.75, 3.05) is 5.32 Å². The monoisotopic (exact) mass is 372 g/mol. The van der Waals surface area contributed by atoms with Gasteiger partial charge in [0.15, 0.2) is 0 Å². The number of nitrogens with zero attached hydrogens (tertiary/aromatic N) is 1. The first-order valence-corrected chi connectivity index (χ1v) is 8.98. The van der Waals surface area contributed by atoms with Crippen LogP contribution in [-0.2, 0) is 6.61 Å². The number of aromatic nitrogens is 1. The summed E-state index contributed by atoms with van der Waals surface area (Å²) in [6.07, 6.45) is 0. The predicted octanol–water partition coefficient (Wildman–Crippen LogP) is 5.24. The normalized spacial score (nSPS) is 10.5. The Kier molecular flexibility index (Phi) is 5.36. The number of nitrogens with one attached hydrogen (secondary N) is 1. The highest BCUT2D eigenvalue weighted by atomic mass is 35.5. The number of aryl methyl sites for hydroxylation is 2. The van der Waals surface area contributed by atoms with Gasteiger partial charge >= 0.3 is 0 Å². The van der Waals surface area contributed by atoms with E-state index in [4.69, 9.17) is 16.3 Å². The number of benzene rings is 2. The van der Waals surface area contributed by atoms with Crippen LogP contribution in [0.4, 0.5) is 5.69 Å². The minimum Gasteiger partial charge on any atom is -0.487 e. The van der Waals surface area contributed by atoms with Gasteiger partial charge in [0, 0.05) is 21.7 Å². The molecule has 0 saturated heterocycles. The third kappa shape index (κ3) is 4.59. The van der Waals surface area contributed by atoms with E-state index in [0.29, 0.717) is 22.9 Å². The van der Waals surface area contributed by atoms with Gasteiger partial charge in [0.1, 0.15) is 12.4 Å². The largest absolute Gasteiger partial charge is 0.487 e. The average Bonchev–Trinajstić information content (AvgIpc) is 3.01. The molecule has 3 rings (SSSR count). The van der Waals surface area contributed by atoms with Gasteiger partial charge in [0.05, 0.1) is 10.7 Å². The van der Waals surface area contributed by atoms with Crippen LogP contribution in [0.1, 0.15) is 26.6 Å². The second-order valence-corrected chi connectivity index (χ2v) is 7.08. The number of rotatable bonds is 5. The maximum Gasteiger partial charge on any atom is 0.255 e. The van der Waals surface area contributed by atoms with Crippen molar-refractivity contribution >= 4 is 34.5 Å². The van der Waals surface area contributed by atoms with Crippen LogP contribution in [-0.4, -0.2) is 10.9 Å². The van der Waals surface area contributed by atoms with Crippen molar-refractivity contribution in [2.24, 2.45) is 0 Å². The van der Waals surface area contributed by atoms with E-state index in [9.17, 15) is 4.79 Å². The molecule has 0 unspecified atom stereocenters. The summed E-state index contributed by atoms with van der Waals surface area (Å²) >= 11 is 7.53. The molecule has 0 spiro atoms. The zero-order valence-electron chi connectivity index (χ0n) is 13.9. The number of halogens is 1. The van der Waals surface area contributed by atoms with Gasteiger partial charge in [-0.15, -0.1) is 11.3 Å². The molecule has 128 valence electrons. The van der Waals surface area contributed by atoms with Crippen LogP contribution in [0, 0.1) is 13.8 Å². The Labute approximate surface area is 155 Å². The van der Waals surface area contributed by atoms with Gasteiger partial charge < -0.3 is 10.1 Å². The van der Waals surface area contributed by atoms with Crippen molar-refractivity contribution < 1.29 is 9.53 Å². The van der Waals surface area contributed by atoms with E-state index >= 15 is 0 Å². The molecule has 4 nitrogen and oxygen atoms in total. The summed E-state index contributed by atoms with van der Waals surface area (Å²) in [6.45, 7) is 4.28. The molecule has 3 aromatic rings. The molecule has 0 saturated carbocycles. The highest BCUT2D eigenvalue weighted by Gasteiger charge is 2.08. The van der Waals surface area contributed by atoms with E-state index < -0.39 is 0 Å². The Morgan fingerprint density at radius 2 is 1.96 bits per heavy atom. The lowest BCUT2D eigenvalue weighted by molar-refractivity contribution is 0.102. The Morgan fingerprint density at radius 3 is 2.60 bits per heavy atom. The van der Waals surface area contributed by atoms with Gasteiger partial charge in [-0.2, -0.15) is 0 Å². The maximum atomic E-state index is 12.4. The Bertz CT molecular complexity index is 891. The highest BCUT2D eigenvalue weighted by molar-refractivity contribution is 7.09. The molecular weight excluding hydrogens is 356 g/mol. The molecule has 6 heteroatoms. The third-order valence-electron chi connectivity index (χ3n) is 3.61. The molecule has 0 aliphatic rings. The number of carbonyl (C=O) groups excluding carboxylic acids is 1. The van der Waals surface area contributed by atoms with Crippen LogP contribution in [0.2, 0.25) is 5.02 Å². The van der Waals surface area contributed by atoms with Gasteiger partial charge in [-0.05, 0) is 61.9 Å². The third-order valence-corrected chi connectivity index (χ3v) is 4.66. The fourth-order valence-corrected chi connectivity index (χ4v) is 3.12. The van der Waals surface area contributed by atoms with Crippen molar-refractivity contribution in [3.63, 3.8) is 0 Å². The quantitative estimate of drug-likeness (QED) is 0.665. The summed E-state index contributed by atoms with van der Waals surface area (Å²) in [4.78, 5) is 16.7. The standard InChI is InChI=1S/C19H17ClN2O2S/c1-12-9-15(20)5-8-18(12)22-19(23)14-3-6-17(7-4-14)24-10-16-11-25-13(2)21-16/h3-9,11H,10H2,1-2H3,(H,22,23). The number of amides is 1. The number of thiazole rings is 1. The maximum absolute atomic E-state index is 12.4. The lowest BCUT2D eigenvalue weighted by Crippen LogP contribution is -2.12. The summed E-state index contributed by atoms with van der Waals surface area (Å²) in [5.41, 5.74) is 3.13. The fraction of sp³-hybridized carbons (Fsp3) is 0.158. The summed E-state index contributed by atoms with van der Waals surface area (Å²) in [6, 6.07) is 12.4. The average molecular weight is 373 g/mol. The molecule has 1 N–H and O–H groups in total. The van der Waals surface area contributed by atoms with Gasteiger partial charge in [-0.25, -0.2) is 4.98 Å². The van der Waals surface area contributed by atoms with Gasteiger partial charge in [0.25, 0.3) is 5.91 Å². The molecule has 2 aromatic carbocycles. The lowest BCUT2D eigenvalue weighted by atomic mass is 10.1. The summed E-state index contributed by atoms with van der Waals surface area (Å²) in [5.74, 6) is 0.525. The van der Waals surface area contributed by atoms with E-state index in [0.717, 1.165) is 22.0 Å². The number of hydrogen-bond acceptors (Lipinski definition) is 4. The molecule has 25 heavy (non-hydrogen) atoms. The summed E-state index contributed by atoms with van der Waals surface area (Å²) in [7, 11) is 0. The van der Waals surface area contributed by atoms with Crippen molar-refractivity contribution in [3.8, 4) is 5.75 Å². The van der Waals surface area contributed by atoms with E-state index in [1.807, 2.05) is 25.3 Å². The Balaban J connectivity index is 1.62. The molecular formula is C19H17ClN2O2S. The second kappa shape index (κ2) is 7.68. The predicted molar refractivity (Wildman–Crippen MR) is 102 cm³/mol. The minimum atomic E-state index is -0.174. The zero-order chi connectivity index (χ0) is 17.8. The number of anilines is 1. The minimum absolute atomic E-state index is 0.174. The molecule has 0 atom stereocenters. The van der Waals surface area contributed by atoms with E-state index in [1.54, 1.807) is 47.7 Å². The van der Waals surface area contributed by atoms with Crippen molar-refractivity contribution in [3.05, 3.63) is 74.7 Å². The first kappa shape index (κ1) is 17.5. The highest BCUT2D eigenvalue weighted by Crippen LogP contribution is 2.21. The molecule has 1 heterocycles.